The Morgan fingerprint density at radius 2 is 1.89 bits per heavy atom. The molecule has 0 aliphatic carbocycles. The third-order valence-corrected chi connectivity index (χ3v) is 2.80. The number of hydrogen-bond donors (Lipinski definition) is 3. The van der Waals surface area contributed by atoms with Crippen LogP contribution in [0.1, 0.15) is 10.4 Å². The van der Waals surface area contributed by atoms with Crippen molar-refractivity contribution in [2.24, 2.45) is 0 Å². The fourth-order valence-electron chi connectivity index (χ4n) is 1.66. The van der Waals surface area contributed by atoms with Gasteiger partial charge in [-0.2, -0.15) is 0 Å². The van der Waals surface area contributed by atoms with Crippen molar-refractivity contribution in [1.29, 1.82) is 0 Å². The lowest BCUT2D eigenvalue weighted by Gasteiger charge is -2.11. The maximum absolute atomic E-state index is 10.9. The molecule has 0 spiro atoms. The Morgan fingerprint density at radius 1 is 1.22 bits per heavy atom. The molecule has 0 aliphatic heterocycles. The number of phenolic OH excluding ortho intramolecular Hbond substituents is 1. The third kappa shape index (κ3) is 2.36. The Balaban J connectivity index is 2.72. The number of aldehydes is 1. The first-order chi connectivity index (χ1) is 8.42. The van der Waals surface area contributed by atoms with Gasteiger partial charge in [-0.1, -0.05) is 24.3 Å². The predicted octanol–water partition coefficient (Wildman–Crippen LogP) is 1.83. The fourth-order valence-corrected chi connectivity index (χ4v) is 2.05. The summed E-state index contributed by atoms with van der Waals surface area (Å²) in [5.41, 5.74) is -0.0726. The van der Waals surface area contributed by atoms with E-state index >= 15 is 0 Å². The first-order valence-corrected chi connectivity index (χ1v) is 6.40. The number of rotatable bonds is 3. The second-order valence-corrected chi connectivity index (χ2v) is 4.72. The molecule has 0 unspecified atom stereocenters. The molecule has 0 saturated heterocycles. The average molecular weight is 268 g/mol. The molecule has 6 nitrogen and oxygen atoms in total. The van der Waals surface area contributed by atoms with E-state index in [9.17, 15) is 14.5 Å². The second-order valence-electron chi connectivity index (χ2n) is 3.56. The van der Waals surface area contributed by atoms with E-state index in [-0.39, 0.29) is 5.56 Å². The zero-order valence-electron chi connectivity index (χ0n) is 8.98. The van der Waals surface area contributed by atoms with Crippen LogP contribution in [0.4, 0.5) is 0 Å². The maximum atomic E-state index is 10.9. The van der Waals surface area contributed by atoms with E-state index in [4.69, 9.17) is 9.79 Å². The van der Waals surface area contributed by atoms with Gasteiger partial charge in [-0.15, -0.1) is 0 Å². The molecule has 0 radical (unpaired) electrons. The van der Waals surface area contributed by atoms with Crippen LogP contribution in [0.25, 0.3) is 10.8 Å². The number of fused-ring (bicyclic) bond motifs is 1. The number of phosphoric ester groups is 1. The molecule has 0 fully saturated rings. The minimum absolute atomic E-state index is 0.0726. The van der Waals surface area contributed by atoms with E-state index in [0.29, 0.717) is 17.1 Å². The van der Waals surface area contributed by atoms with E-state index in [0.717, 1.165) is 0 Å². The van der Waals surface area contributed by atoms with E-state index in [1.807, 2.05) is 0 Å². The van der Waals surface area contributed by atoms with Gasteiger partial charge in [0.15, 0.2) is 17.8 Å². The summed E-state index contributed by atoms with van der Waals surface area (Å²) < 4.78 is 15.1. The molecule has 18 heavy (non-hydrogen) atoms. The van der Waals surface area contributed by atoms with Crippen LogP contribution >= 0.6 is 7.82 Å². The highest BCUT2D eigenvalue weighted by molar-refractivity contribution is 7.46. The van der Waals surface area contributed by atoms with Gasteiger partial charge in [0.05, 0.1) is 5.56 Å². The van der Waals surface area contributed by atoms with Gasteiger partial charge in [-0.05, 0) is 16.8 Å². The minimum atomic E-state index is -4.80. The van der Waals surface area contributed by atoms with Gasteiger partial charge >= 0.3 is 7.82 Å². The molecule has 3 N–H and O–H groups in total. The molecular weight excluding hydrogens is 259 g/mol. The number of phenols is 1. The Morgan fingerprint density at radius 3 is 2.50 bits per heavy atom. The van der Waals surface area contributed by atoms with Gasteiger partial charge in [-0.25, -0.2) is 4.57 Å². The summed E-state index contributed by atoms with van der Waals surface area (Å²) in [6, 6.07) is 7.87. The molecule has 94 valence electrons. The number of aromatic hydroxyl groups is 1. The summed E-state index contributed by atoms with van der Waals surface area (Å²) in [6.45, 7) is 0. The molecule has 0 aromatic heterocycles. The lowest BCUT2D eigenvalue weighted by atomic mass is 10.0. The Kier molecular flexibility index (Phi) is 3.09. The second kappa shape index (κ2) is 4.42. The van der Waals surface area contributed by atoms with Crippen molar-refractivity contribution in [2.45, 2.75) is 0 Å². The zero-order chi connectivity index (χ0) is 13.3. The van der Waals surface area contributed by atoms with E-state index in [1.165, 1.54) is 6.07 Å². The molecule has 2 aromatic carbocycles. The molecule has 0 atom stereocenters. The third-order valence-electron chi connectivity index (χ3n) is 2.36. The van der Waals surface area contributed by atoms with Crippen LogP contribution in [0.15, 0.2) is 30.3 Å². The summed E-state index contributed by atoms with van der Waals surface area (Å²) >= 11 is 0. The lowest BCUT2D eigenvalue weighted by Crippen LogP contribution is -1.94. The lowest BCUT2D eigenvalue weighted by molar-refractivity contribution is 0.112. The minimum Gasteiger partial charge on any atom is -0.504 e. The predicted molar refractivity (Wildman–Crippen MR) is 63.7 cm³/mol. The van der Waals surface area contributed by atoms with Gasteiger partial charge in [0.1, 0.15) is 0 Å². The van der Waals surface area contributed by atoms with Crippen LogP contribution in [0.3, 0.4) is 0 Å². The maximum Gasteiger partial charge on any atom is 0.524 e. The smallest absolute Gasteiger partial charge is 0.504 e. The summed E-state index contributed by atoms with van der Waals surface area (Å²) in [7, 11) is -4.80. The van der Waals surface area contributed by atoms with Gasteiger partial charge in [0.25, 0.3) is 0 Å². The Hall–Kier alpha value is -1.88. The molecule has 0 bridgehead atoms. The van der Waals surface area contributed by atoms with Gasteiger partial charge in [0.2, 0.25) is 0 Å². The van der Waals surface area contributed by atoms with Crippen molar-refractivity contribution in [3.63, 3.8) is 0 Å². The highest BCUT2D eigenvalue weighted by Gasteiger charge is 2.21. The molecule has 2 rings (SSSR count). The number of carbonyl (C=O) groups excluding carboxylic acids is 1. The van der Waals surface area contributed by atoms with Crippen molar-refractivity contribution >= 4 is 24.9 Å². The number of hydrogen-bond acceptors (Lipinski definition) is 4. The van der Waals surface area contributed by atoms with E-state index in [1.54, 1.807) is 24.3 Å². The molecule has 7 heteroatoms. The quantitative estimate of drug-likeness (QED) is 0.579. The van der Waals surface area contributed by atoms with E-state index in [2.05, 4.69) is 4.52 Å². The van der Waals surface area contributed by atoms with E-state index < -0.39 is 19.3 Å². The summed E-state index contributed by atoms with van der Waals surface area (Å²) in [4.78, 5) is 28.4. The Bertz CT molecular complexity index is 660. The van der Waals surface area contributed by atoms with Crippen molar-refractivity contribution in [3.8, 4) is 11.5 Å². The van der Waals surface area contributed by atoms with Crippen molar-refractivity contribution in [1.82, 2.24) is 0 Å². The Labute approximate surface area is 102 Å². The molecular formula is C11H9O6P. The summed E-state index contributed by atoms with van der Waals surface area (Å²) in [5.74, 6) is -1.02. The van der Waals surface area contributed by atoms with Crippen LogP contribution in [0, 0.1) is 0 Å². The highest BCUT2D eigenvalue weighted by Crippen LogP contribution is 2.44. The topological polar surface area (TPSA) is 104 Å². The SMILES string of the molecule is O=Cc1c(O)c(OP(=O)(O)O)cc2ccccc12. The number of carbonyl (C=O) groups is 1. The normalized spacial score (nSPS) is 11.4. The summed E-state index contributed by atoms with van der Waals surface area (Å²) in [6.07, 6.45) is 0.407. The van der Waals surface area contributed by atoms with Gasteiger partial charge < -0.3 is 9.63 Å². The standard InChI is InChI=1S/C11H9O6P/c12-6-9-8-4-2-1-3-7(8)5-10(11(9)13)17-18(14,15)16/h1-6,13H,(H2,14,15,16). The molecule has 0 amide bonds. The number of phosphoric acid groups is 1. The number of benzene rings is 2. The average Bonchev–Trinajstić information content (AvgIpc) is 2.28. The molecule has 2 aromatic rings. The molecule has 0 heterocycles. The van der Waals surface area contributed by atoms with Crippen molar-refractivity contribution < 1.29 is 28.8 Å². The van der Waals surface area contributed by atoms with Crippen LogP contribution in [0.2, 0.25) is 0 Å². The van der Waals surface area contributed by atoms with Crippen molar-refractivity contribution in [3.05, 3.63) is 35.9 Å². The van der Waals surface area contributed by atoms with Gasteiger partial charge in [-0.3, -0.25) is 14.6 Å². The van der Waals surface area contributed by atoms with Crippen LogP contribution < -0.4 is 4.52 Å². The zero-order valence-corrected chi connectivity index (χ0v) is 9.87. The summed E-state index contributed by atoms with van der Waals surface area (Å²) in [5, 5.41) is 10.8. The first-order valence-electron chi connectivity index (χ1n) is 4.87. The monoisotopic (exact) mass is 268 g/mol. The van der Waals surface area contributed by atoms with Crippen LogP contribution in [-0.2, 0) is 4.57 Å². The molecule has 0 aliphatic rings. The largest absolute Gasteiger partial charge is 0.524 e. The fraction of sp³-hybridized carbons (Fsp3) is 0. The highest BCUT2D eigenvalue weighted by atomic mass is 31.2. The first kappa shape index (κ1) is 12.6. The van der Waals surface area contributed by atoms with Gasteiger partial charge in [0, 0.05) is 0 Å². The van der Waals surface area contributed by atoms with Crippen LogP contribution in [-0.4, -0.2) is 21.2 Å². The van der Waals surface area contributed by atoms with Crippen LogP contribution in [0.5, 0.6) is 11.5 Å². The van der Waals surface area contributed by atoms with Crippen molar-refractivity contribution in [2.75, 3.05) is 0 Å². The molecule has 0 saturated carbocycles.